The second kappa shape index (κ2) is 9.76. The van der Waals surface area contributed by atoms with E-state index in [1.165, 1.54) is 5.56 Å². The second-order valence-electron chi connectivity index (χ2n) is 8.09. The van der Waals surface area contributed by atoms with Crippen LogP contribution in [-0.4, -0.2) is 43.5 Å². The number of carbonyl (C=O) groups excluding carboxylic acids is 2. The molecule has 160 valence electrons. The summed E-state index contributed by atoms with van der Waals surface area (Å²) in [4.78, 5) is 27.2. The molecule has 0 unspecified atom stereocenters. The van der Waals surface area contributed by atoms with E-state index in [1.807, 2.05) is 50.2 Å². The van der Waals surface area contributed by atoms with Gasteiger partial charge in [-0.25, -0.2) is 0 Å². The maximum atomic E-state index is 12.7. The van der Waals surface area contributed by atoms with Crippen LogP contribution in [-0.2, 0) is 9.59 Å². The van der Waals surface area contributed by atoms with E-state index >= 15 is 0 Å². The van der Waals surface area contributed by atoms with Crippen LogP contribution < -0.4 is 15.4 Å². The Balaban J connectivity index is 1.47. The first kappa shape index (κ1) is 21.8. The molecule has 1 saturated heterocycles. The lowest BCUT2D eigenvalue weighted by Gasteiger charge is -2.30. The molecule has 2 aromatic rings. The van der Waals surface area contributed by atoms with E-state index in [9.17, 15) is 9.59 Å². The fourth-order valence-corrected chi connectivity index (χ4v) is 3.71. The van der Waals surface area contributed by atoms with Crippen molar-refractivity contribution in [2.45, 2.75) is 33.6 Å². The first-order chi connectivity index (χ1) is 14.4. The standard InChI is InChI=1S/C24H31N3O3/c1-16-5-8-21(22(13-16)30-4)26-24(29)19-9-11-27(12-10-19)15-23(28)25-20-7-6-17(2)18(3)14-20/h5-8,13-14,19H,9-12,15H2,1-4H3,(H,25,28)(H,26,29). The molecule has 0 radical (unpaired) electrons. The fourth-order valence-electron chi connectivity index (χ4n) is 3.71. The molecule has 0 aromatic heterocycles. The molecule has 3 rings (SSSR count). The van der Waals surface area contributed by atoms with Crippen molar-refractivity contribution in [3.8, 4) is 5.75 Å². The van der Waals surface area contributed by atoms with E-state index in [4.69, 9.17) is 4.74 Å². The van der Waals surface area contributed by atoms with Gasteiger partial charge in [0.15, 0.2) is 0 Å². The number of rotatable bonds is 6. The Morgan fingerprint density at radius 2 is 1.73 bits per heavy atom. The van der Waals surface area contributed by atoms with Gasteiger partial charge in [-0.1, -0.05) is 12.1 Å². The van der Waals surface area contributed by atoms with Gasteiger partial charge in [-0.15, -0.1) is 0 Å². The lowest BCUT2D eigenvalue weighted by Crippen LogP contribution is -2.41. The third kappa shape index (κ3) is 5.60. The van der Waals surface area contributed by atoms with E-state index in [0.717, 1.165) is 42.7 Å². The number of hydrogen-bond donors (Lipinski definition) is 2. The summed E-state index contributed by atoms with van der Waals surface area (Å²) in [5, 5.41) is 5.96. The molecule has 0 aliphatic carbocycles. The van der Waals surface area contributed by atoms with Crippen molar-refractivity contribution in [3.63, 3.8) is 0 Å². The summed E-state index contributed by atoms with van der Waals surface area (Å²) >= 11 is 0. The van der Waals surface area contributed by atoms with Crippen LogP contribution >= 0.6 is 0 Å². The van der Waals surface area contributed by atoms with E-state index in [0.29, 0.717) is 18.0 Å². The molecule has 2 amide bonds. The summed E-state index contributed by atoms with van der Waals surface area (Å²) in [6, 6.07) is 11.7. The monoisotopic (exact) mass is 409 g/mol. The van der Waals surface area contributed by atoms with Crippen molar-refractivity contribution in [2.75, 3.05) is 37.4 Å². The lowest BCUT2D eigenvalue weighted by molar-refractivity contribution is -0.121. The Bertz CT molecular complexity index is 918. The maximum absolute atomic E-state index is 12.7. The molecule has 1 aliphatic heterocycles. The van der Waals surface area contributed by atoms with Crippen LogP contribution in [0.15, 0.2) is 36.4 Å². The summed E-state index contributed by atoms with van der Waals surface area (Å²) in [5.41, 5.74) is 4.96. The molecule has 2 aromatic carbocycles. The highest BCUT2D eigenvalue weighted by Crippen LogP contribution is 2.27. The molecule has 2 N–H and O–H groups in total. The van der Waals surface area contributed by atoms with Crippen LogP contribution in [0, 0.1) is 26.7 Å². The Morgan fingerprint density at radius 1 is 1.00 bits per heavy atom. The first-order valence-corrected chi connectivity index (χ1v) is 10.4. The number of ether oxygens (including phenoxy) is 1. The first-order valence-electron chi connectivity index (χ1n) is 10.4. The highest BCUT2D eigenvalue weighted by Gasteiger charge is 2.26. The fraction of sp³-hybridized carbons (Fsp3) is 0.417. The minimum absolute atomic E-state index is 0.0105. The Morgan fingerprint density at radius 3 is 2.40 bits per heavy atom. The van der Waals surface area contributed by atoms with Gasteiger partial charge in [-0.3, -0.25) is 14.5 Å². The average molecular weight is 410 g/mol. The third-order valence-electron chi connectivity index (χ3n) is 5.73. The Hall–Kier alpha value is -2.86. The van der Waals surface area contributed by atoms with E-state index in [-0.39, 0.29) is 17.7 Å². The number of hydrogen-bond acceptors (Lipinski definition) is 4. The van der Waals surface area contributed by atoms with Gasteiger partial charge in [0.2, 0.25) is 11.8 Å². The van der Waals surface area contributed by atoms with Gasteiger partial charge < -0.3 is 15.4 Å². The smallest absolute Gasteiger partial charge is 0.238 e. The zero-order chi connectivity index (χ0) is 21.7. The number of piperidine rings is 1. The second-order valence-corrected chi connectivity index (χ2v) is 8.09. The average Bonchev–Trinajstić information content (AvgIpc) is 2.72. The molecule has 6 heteroatoms. The lowest BCUT2D eigenvalue weighted by atomic mass is 9.95. The Kier molecular flexibility index (Phi) is 7.11. The van der Waals surface area contributed by atoms with Gasteiger partial charge in [0.1, 0.15) is 5.75 Å². The number of aryl methyl sites for hydroxylation is 3. The predicted octanol–water partition coefficient (Wildman–Crippen LogP) is 3.91. The van der Waals surface area contributed by atoms with Crippen molar-refractivity contribution in [2.24, 2.45) is 5.92 Å². The van der Waals surface area contributed by atoms with Gasteiger partial charge in [-0.2, -0.15) is 0 Å². The Labute approximate surface area is 178 Å². The number of carbonyl (C=O) groups is 2. The molecule has 0 saturated carbocycles. The van der Waals surface area contributed by atoms with Crippen LogP contribution in [0.5, 0.6) is 5.75 Å². The third-order valence-corrected chi connectivity index (χ3v) is 5.73. The zero-order valence-electron chi connectivity index (χ0n) is 18.2. The van der Waals surface area contributed by atoms with Crippen molar-refractivity contribution >= 4 is 23.2 Å². The largest absolute Gasteiger partial charge is 0.495 e. The van der Waals surface area contributed by atoms with Gasteiger partial charge >= 0.3 is 0 Å². The normalized spacial score (nSPS) is 14.9. The molecule has 1 aliphatic rings. The van der Waals surface area contributed by atoms with Crippen LogP contribution in [0.3, 0.4) is 0 Å². The van der Waals surface area contributed by atoms with Crippen LogP contribution in [0.2, 0.25) is 0 Å². The van der Waals surface area contributed by atoms with E-state index < -0.39 is 0 Å². The number of amides is 2. The molecule has 6 nitrogen and oxygen atoms in total. The van der Waals surface area contributed by atoms with Crippen molar-refractivity contribution in [1.82, 2.24) is 4.90 Å². The summed E-state index contributed by atoms with van der Waals surface area (Å²) in [5.74, 6) is 0.598. The van der Waals surface area contributed by atoms with Gasteiger partial charge in [0.25, 0.3) is 0 Å². The minimum atomic E-state index is -0.0601. The molecule has 1 heterocycles. The molecule has 1 fully saturated rings. The highest BCUT2D eigenvalue weighted by atomic mass is 16.5. The summed E-state index contributed by atoms with van der Waals surface area (Å²) in [6.45, 7) is 7.86. The van der Waals surface area contributed by atoms with Crippen LogP contribution in [0.25, 0.3) is 0 Å². The number of nitrogens with zero attached hydrogens (tertiary/aromatic N) is 1. The number of nitrogens with one attached hydrogen (secondary N) is 2. The van der Waals surface area contributed by atoms with Gasteiger partial charge in [0, 0.05) is 11.6 Å². The van der Waals surface area contributed by atoms with Gasteiger partial charge in [-0.05, 0) is 87.7 Å². The SMILES string of the molecule is COc1cc(C)ccc1NC(=O)C1CCN(CC(=O)Nc2ccc(C)c(C)c2)CC1. The maximum Gasteiger partial charge on any atom is 0.238 e. The quantitative estimate of drug-likeness (QED) is 0.759. The van der Waals surface area contributed by atoms with Crippen molar-refractivity contribution in [1.29, 1.82) is 0 Å². The summed E-state index contributed by atoms with van der Waals surface area (Å²) in [6.07, 6.45) is 1.47. The topological polar surface area (TPSA) is 70.7 Å². The van der Waals surface area contributed by atoms with E-state index in [2.05, 4.69) is 22.5 Å². The molecule has 0 bridgehead atoms. The van der Waals surface area contributed by atoms with Gasteiger partial charge in [0.05, 0.1) is 19.3 Å². The molecule has 0 atom stereocenters. The molecule has 0 spiro atoms. The number of benzene rings is 2. The number of likely N-dealkylation sites (tertiary alicyclic amines) is 1. The molecule has 30 heavy (non-hydrogen) atoms. The number of anilines is 2. The highest BCUT2D eigenvalue weighted by molar-refractivity contribution is 5.94. The van der Waals surface area contributed by atoms with Crippen molar-refractivity contribution < 1.29 is 14.3 Å². The number of methoxy groups -OCH3 is 1. The van der Waals surface area contributed by atoms with Crippen LogP contribution in [0.1, 0.15) is 29.5 Å². The predicted molar refractivity (Wildman–Crippen MR) is 120 cm³/mol. The molecular formula is C24H31N3O3. The van der Waals surface area contributed by atoms with Crippen LogP contribution in [0.4, 0.5) is 11.4 Å². The summed E-state index contributed by atoms with van der Waals surface area (Å²) < 4.78 is 5.37. The molecular weight excluding hydrogens is 378 g/mol. The summed E-state index contributed by atoms with van der Waals surface area (Å²) in [7, 11) is 1.60. The van der Waals surface area contributed by atoms with E-state index in [1.54, 1.807) is 7.11 Å². The zero-order valence-corrected chi connectivity index (χ0v) is 18.2. The van der Waals surface area contributed by atoms with Crippen molar-refractivity contribution in [3.05, 3.63) is 53.1 Å². The minimum Gasteiger partial charge on any atom is -0.495 e.